The summed E-state index contributed by atoms with van der Waals surface area (Å²) >= 11 is 0. The van der Waals surface area contributed by atoms with Gasteiger partial charge in [0.15, 0.2) is 0 Å². The molecule has 0 N–H and O–H groups in total. The molecule has 0 aromatic heterocycles. The van der Waals surface area contributed by atoms with Crippen molar-refractivity contribution >= 4 is 7.26 Å². The van der Waals surface area contributed by atoms with Crippen molar-refractivity contribution in [3.63, 3.8) is 0 Å². The summed E-state index contributed by atoms with van der Waals surface area (Å²) in [6.45, 7) is 4.61. The first-order chi connectivity index (χ1) is 25.2. The molecule has 1 heteroatoms. The fourth-order valence-corrected chi connectivity index (χ4v) is 11.8. The Labute approximate surface area is 326 Å². The Bertz CT molecular complexity index is 662. The number of hydrogen-bond acceptors (Lipinski definition) is 0. The van der Waals surface area contributed by atoms with E-state index >= 15 is 0 Å². The van der Waals surface area contributed by atoms with Crippen LogP contribution in [0.1, 0.15) is 271 Å². The molecular weight excluding hydrogens is 632 g/mol. The van der Waals surface area contributed by atoms with Crippen LogP contribution < -0.4 is 0 Å². The molecule has 0 radical (unpaired) electrons. The Morgan fingerprint density at radius 3 is 0.569 bits per heavy atom. The van der Waals surface area contributed by atoms with Gasteiger partial charge in [-0.2, -0.15) is 0 Å². The first-order valence-electron chi connectivity index (χ1n) is 24.0. The van der Waals surface area contributed by atoms with Gasteiger partial charge in [-0.25, -0.2) is 0 Å². The van der Waals surface area contributed by atoms with E-state index in [0.717, 1.165) is 12.3 Å². The summed E-state index contributed by atoms with van der Waals surface area (Å²) in [7, 11) is -1.16. The maximum absolute atomic E-state index is 5.91. The predicted molar refractivity (Wildman–Crippen MR) is 240 cm³/mol. The summed E-state index contributed by atoms with van der Waals surface area (Å²) in [4.78, 5) is 0. The lowest BCUT2D eigenvalue weighted by atomic mass is 10.0. The van der Waals surface area contributed by atoms with E-state index in [0.29, 0.717) is 0 Å². The average molecular weight is 728 g/mol. The van der Waals surface area contributed by atoms with Gasteiger partial charge in [-0.1, -0.05) is 257 Å². The molecule has 0 aliphatic carbocycles. The highest BCUT2D eigenvalue weighted by molar-refractivity contribution is 7.76. The zero-order valence-corrected chi connectivity index (χ0v) is 36.6. The van der Waals surface area contributed by atoms with E-state index in [9.17, 15) is 0 Å². The summed E-state index contributed by atoms with van der Waals surface area (Å²) < 4.78 is 0. The molecular formula is C50H96P+. The minimum absolute atomic E-state index is 0.982. The summed E-state index contributed by atoms with van der Waals surface area (Å²) in [6.07, 6.45) is 74.2. The van der Waals surface area contributed by atoms with E-state index in [4.69, 9.17) is 12.8 Å². The molecule has 0 nitrogen and oxygen atoms in total. The number of rotatable bonds is 44. The van der Waals surface area contributed by atoms with Crippen molar-refractivity contribution in [1.82, 2.24) is 0 Å². The van der Waals surface area contributed by atoms with Gasteiger partial charge in [-0.3, -0.25) is 0 Å². The van der Waals surface area contributed by atoms with Crippen LogP contribution in [0.25, 0.3) is 0 Å². The van der Waals surface area contributed by atoms with Gasteiger partial charge in [-0.05, 0) is 25.7 Å². The van der Waals surface area contributed by atoms with E-state index in [1.807, 2.05) is 0 Å². The van der Waals surface area contributed by atoms with Crippen LogP contribution in [0, 0.1) is 24.7 Å². The maximum Gasteiger partial charge on any atom is 0.120 e. The van der Waals surface area contributed by atoms with Crippen molar-refractivity contribution in [2.45, 2.75) is 271 Å². The largest absolute Gasteiger partial charge is 0.120 e. The Morgan fingerprint density at radius 1 is 0.255 bits per heavy atom. The van der Waals surface area contributed by atoms with Crippen molar-refractivity contribution in [3.05, 3.63) is 0 Å². The molecule has 0 rings (SSSR count). The molecule has 51 heavy (non-hydrogen) atoms. The maximum atomic E-state index is 5.91. The first kappa shape index (κ1) is 50.5. The van der Waals surface area contributed by atoms with Crippen molar-refractivity contribution in [3.8, 4) is 24.7 Å². The van der Waals surface area contributed by atoms with Gasteiger partial charge in [0.05, 0.1) is 12.3 Å². The fourth-order valence-electron chi connectivity index (χ4n) is 8.28. The van der Waals surface area contributed by atoms with Crippen LogP contribution in [0.15, 0.2) is 0 Å². The quantitative estimate of drug-likeness (QED) is 0.0333. The van der Waals surface area contributed by atoms with Crippen LogP contribution in [-0.4, -0.2) is 24.6 Å². The second-order valence-electron chi connectivity index (χ2n) is 16.9. The van der Waals surface area contributed by atoms with Gasteiger partial charge in [0, 0.05) is 7.26 Å². The summed E-state index contributed by atoms with van der Waals surface area (Å²) in [6, 6.07) is 0. The third-order valence-corrected chi connectivity index (χ3v) is 16.1. The second kappa shape index (κ2) is 44.0. The van der Waals surface area contributed by atoms with Crippen LogP contribution in [0.4, 0.5) is 0 Å². The Hall–Kier alpha value is -0.450. The van der Waals surface area contributed by atoms with E-state index in [1.54, 1.807) is 0 Å². The normalized spacial score (nSPS) is 11.6. The zero-order chi connectivity index (χ0) is 37.0. The third-order valence-electron chi connectivity index (χ3n) is 11.8. The summed E-state index contributed by atoms with van der Waals surface area (Å²) in [5.41, 5.74) is 0. The summed E-state index contributed by atoms with van der Waals surface area (Å²) in [5, 5.41) is 0. The van der Waals surface area contributed by atoms with Gasteiger partial charge in [-0.15, -0.1) is 12.8 Å². The molecule has 0 heterocycles. The van der Waals surface area contributed by atoms with Crippen molar-refractivity contribution < 1.29 is 0 Å². The highest BCUT2D eigenvalue weighted by Crippen LogP contribution is 2.59. The predicted octanol–water partition coefficient (Wildman–Crippen LogP) is 17.9. The Balaban J connectivity index is 3.65. The standard InChI is InChI=1S/C50H96P/c1-5-9-11-13-15-17-19-21-23-25-27-29-31-33-35-37-39-41-43-45-49-51(47-7-3,48-8-4)50-46-44-42-40-38-36-34-32-30-28-26-24-22-20-18-16-14-12-10-6-2/h3-4H,5-6,9-50H2,1-2H3/q+1. The molecule has 0 aliphatic rings. The van der Waals surface area contributed by atoms with Gasteiger partial charge in [0.25, 0.3) is 0 Å². The van der Waals surface area contributed by atoms with Gasteiger partial charge in [0.2, 0.25) is 0 Å². The van der Waals surface area contributed by atoms with Gasteiger partial charge < -0.3 is 0 Å². The second-order valence-corrected chi connectivity index (χ2v) is 21.2. The van der Waals surface area contributed by atoms with E-state index in [-0.39, 0.29) is 0 Å². The van der Waals surface area contributed by atoms with Gasteiger partial charge >= 0.3 is 0 Å². The van der Waals surface area contributed by atoms with Crippen LogP contribution in [0.3, 0.4) is 0 Å². The van der Waals surface area contributed by atoms with Crippen LogP contribution in [-0.2, 0) is 0 Å². The van der Waals surface area contributed by atoms with Crippen LogP contribution in [0.2, 0.25) is 0 Å². The molecule has 0 unspecified atom stereocenters. The van der Waals surface area contributed by atoms with Gasteiger partial charge in [0.1, 0.15) is 12.3 Å². The molecule has 0 saturated carbocycles. The van der Waals surface area contributed by atoms with Crippen molar-refractivity contribution in [2.75, 3.05) is 24.6 Å². The topological polar surface area (TPSA) is 0 Å². The van der Waals surface area contributed by atoms with E-state index in [1.165, 1.54) is 269 Å². The Kier molecular flexibility index (Phi) is 43.6. The lowest BCUT2D eigenvalue weighted by molar-refractivity contribution is 0.522. The molecule has 0 saturated heterocycles. The SMILES string of the molecule is C#CC[P+](CC#C)(CCCCCCCCCCCCCCCCCCCCCC)CCCCCCCCCCCCCCCCCCCCCC. The zero-order valence-electron chi connectivity index (χ0n) is 35.7. The molecule has 0 atom stereocenters. The molecule has 0 aromatic carbocycles. The van der Waals surface area contributed by atoms with Crippen LogP contribution >= 0.6 is 7.26 Å². The molecule has 0 spiro atoms. The molecule has 0 aliphatic heterocycles. The minimum Gasteiger partial charge on any atom is -0.116 e. The number of unbranched alkanes of at least 4 members (excludes halogenated alkanes) is 38. The summed E-state index contributed by atoms with van der Waals surface area (Å²) in [5.74, 6) is 6.14. The van der Waals surface area contributed by atoms with Crippen molar-refractivity contribution in [2.24, 2.45) is 0 Å². The van der Waals surface area contributed by atoms with Crippen LogP contribution in [0.5, 0.6) is 0 Å². The van der Waals surface area contributed by atoms with E-state index < -0.39 is 7.26 Å². The first-order valence-corrected chi connectivity index (χ1v) is 26.5. The molecule has 0 fully saturated rings. The molecule has 0 amide bonds. The smallest absolute Gasteiger partial charge is 0.116 e. The number of hydrogen-bond donors (Lipinski definition) is 0. The minimum atomic E-state index is -1.16. The number of terminal acetylenes is 2. The molecule has 300 valence electrons. The van der Waals surface area contributed by atoms with E-state index in [2.05, 4.69) is 25.7 Å². The van der Waals surface area contributed by atoms with Crippen molar-refractivity contribution in [1.29, 1.82) is 0 Å². The highest BCUT2D eigenvalue weighted by atomic mass is 31.2. The fraction of sp³-hybridized carbons (Fsp3) is 0.920. The average Bonchev–Trinajstić information content (AvgIpc) is 3.13. The molecule has 0 aromatic rings. The lowest BCUT2D eigenvalue weighted by Gasteiger charge is -2.24. The molecule has 0 bridgehead atoms. The third kappa shape index (κ3) is 39.1. The Morgan fingerprint density at radius 2 is 0.412 bits per heavy atom. The highest BCUT2D eigenvalue weighted by Gasteiger charge is 2.34. The monoisotopic (exact) mass is 728 g/mol. The lowest BCUT2D eigenvalue weighted by Crippen LogP contribution is -2.11.